The number of fused-ring (bicyclic) bond motifs is 1. The Balaban J connectivity index is 1.69. The Morgan fingerprint density at radius 3 is 2.77 bits per heavy atom. The molecule has 1 N–H and O–H groups in total. The number of carbonyl (C=O) groups is 3. The van der Waals surface area contributed by atoms with Crippen molar-refractivity contribution >= 4 is 33.7 Å². The van der Waals surface area contributed by atoms with Crippen LogP contribution in [0.25, 0.3) is 0 Å². The van der Waals surface area contributed by atoms with E-state index in [1.54, 1.807) is 18.2 Å². The summed E-state index contributed by atoms with van der Waals surface area (Å²) >= 11 is 3.31. The number of hydrogen-bond donors (Lipinski definition) is 1. The highest BCUT2D eigenvalue weighted by atomic mass is 79.9. The summed E-state index contributed by atoms with van der Waals surface area (Å²) < 4.78 is 29.9. The number of amides is 2. The number of aliphatic carboxylic acids is 1. The number of carboxylic acid groups (broad SMARTS) is 1. The number of alkyl halides is 2. The van der Waals surface area contributed by atoms with Gasteiger partial charge in [-0.3, -0.25) is 9.59 Å². The second-order valence-corrected chi connectivity index (χ2v) is 7.03. The van der Waals surface area contributed by atoms with E-state index in [9.17, 15) is 28.3 Å². The Morgan fingerprint density at radius 2 is 2.12 bits per heavy atom. The molecule has 0 spiro atoms. The molecule has 0 unspecified atom stereocenters. The largest absolute Gasteiger partial charge is 0.480 e. The Morgan fingerprint density at radius 1 is 1.38 bits per heavy atom. The number of nitrogens with zero attached hydrogens (tertiary/aromatic N) is 2. The van der Waals surface area contributed by atoms with Crippen LogP contribution in [0.4, 0.5) is 8.78 Å². The molecule has 3 rings (SSSR count). The summed E-state index contributed by atoms with van der Waals surface area (Å²) in [6.07, 6.45) is -1.27. The maximum absolute atomic E-state index is 12.5. The lowest BCUT2D eigenvalue weighted by Crippen LogP contribution is -2.45. The summed E-state index contributed by atoms with van der Waals surface area (Å²) in [5.41, 5.74) is 1.24. The van der Waals surface area contributed by atoms with Crippen molar-refractivity contribution in [2.75, 3.05) is 13.1 Å². The molecule has 7 nitrogen and oxygen atoms in total. The third kappa shape index (κ3) is 3.70. The maximum Gasteiger partial charge on any atom is 0.345 e. The third-order valence-electron chi connectivity index (χ3n) is 4.44. The van der Waals surface area contributed by atoms with Crippen LogP contribution in [-0.4, -0.2) is 64.5 Å². The molecule has 1 aromatic rings. The van der Waals surface area contributed by atoms with Crippen LogP contribution in [0.2, 0.25) is 0 Å². The molecule has 0 saturated carbocycles. The van der Waals surface area contributed by atoms with Gasteiger partial charge in [0.25, 0.3) is 5.91 Å². The van der Waals surface area contributed by atoms with Crippen LogP contribution >= 0.6 is 15.9 Å². The van der Waals surface area contributed by atoms with Gasteiger partial charge in [-0.05, 0) is 23.8 Å². The minimum atomic E-state index is -3.04. The second-order valence-electron chi connectivity index (χ2n) is 6.12. The van der Waals surface area contributed by atoms with Crippen molar-refractivity contribution in [1.82, 2.24) is 9.80 Å². The molecule has 0 bridgehead atoms. The van der Waals surface area contributed by atoms with Gasteiger partial charge in [-0.25, -0.2) is 4.79 Å². The number of hydrogen-bond acceptors (Lipinski definition) is 4. The zero-order valence-electron chi connectivity index (χ0n) is 13.4. The Kier molecular flexibility index (Phi) is 5.24. The summed E-state index contributed by atoms with van der Waals surface area (Å²) in [5, 5.41) is 9.25. The number of benzene rings is 1. The standard InChI is InChI=1S/C16H15BrF2N2O5/c17-9-1-2-11-8(3-9)5-20(14(11)23)7-13(22)21-6-10(26-16(18)19)4-12(21)15(24)25/h1-3,10,12,16H,4-7H2,(H,24,25)/t10-,12+/m1/s1. The first-order valence-electron chi connectivity index (χ1n) is 7.80. The monoisotopic (exact) mass is 432 g/mol. The van der Waals surface area contributed by atoms with E-state index >= 15 is 0 Å². The minimum Gasteiger partial charge on any atom is -0.480 e. The summed E-state index contributed by atoms with van der Waals surface area (Å²) in [7, 11) is 0. The molecular formula is C16H15BrF2N2O5. The average molecular weight is 433 g/mol. The van der Waals surface area contributed by atoms with Crippen LogP contribution in [0.1, 0.15) is 22.3 Å². The first-order chi connectivity index (χ1) is 12.3. The van der Waals surface area contributed by atoms with E-state index < -0.39 is 30.6 Å². The summed E-state index contributed by atoms with van der Waals surface area (Å²) in [6.45, 7) is -3.39. The van der Waals surface area contributed by atoms with Crippen molar-refractivity contribution in [2.45, 2.75) is 31.7 Å². The fraction of sp³-hybridized carbons (Fsp3) is 0.438. The van der Waals surface area contributed by atoms with E-state index in [-0.39, 0.29) is 32.0 Å². The molecular weight excluding hydrogens is 418 g/mol. The van der Waals surface area contributed by atoms with Crippen molar-refractivity contribution in [3.8, 4) is 0 Å². The third-order valence-corrected chi connectivity index (χ3v) is 4.93. The fourth-order valence-corrected chi connectivity index (χ4v) is 3.69. The van der Waals surface area contributed by atoms with Gasteiger partial charge in [0.1, 0.15) is 12.6 Å². The lowest BCUT2D eigenvalue weighted by atomic mass is 10.1. The van der Waals surface area contributed by atoms with Gasteiger partial charge in [0.2, 0.25) is 5.91 Å². The molecule has 0 aliphatic carbocycles. The molecule has 26 heavy (non-hydrogen) atoms. The minimum absolute atomic E-state index is 0.216. The van der Waals surface area contributed by atoms with E-state index in [0.29, 0.717) is 5.56 Å². The van der Waals surface area contributed by atoms with Crippen LogP contribution in [0.15, 0.2) is 22.7 Å². The fourth-order valence-electron chi connectivity index (χ4n) is 3.28. The lowest BCUT2D eigenvalue weighted by molar-refractivity contribution is -0.160. The van der Waals surface area contributed by atoms with Crippen molar-refractivity contribution in [3.05, 3.63) is 33.8 Å². The van der Waals surface area contributed by atoms with Crippen molar-refractivity contribution < 1.29 is 33.0 Å². The van der Waals surface area contributed by atoms with Gasteiger partial charge in [-0.2, -0.15) is 8.78 Å². The number of carbonyl (C=O) groups excluding carboxylic acids is 2. The van der Waals surface area contributed by atoms with Gasteiger partial charge in [-0.15, -0.1) is 0 Å². The number of halogens is 3. The molecule has 2 aliphatic heterocycles. The molecule has 1 aromatic carbocycles. The van der Waals surface area contributed by atoms with Gasteiger partial charge in [-0.1, -0.05) is 15.9 Å². The molecule has 10 heteroatoms. The molecule has 140 valence electrons. The second kappa shape index (κ2) is 7.28. The van der Waals surface area contributed by atoms with E-state index in [4.69, 9.17) is 0 Å². The summed E-state index contributed by atoms with van der Waals surface area (Å²) in [4.78, 5) is 38.5. The molecule has 2 aliphatic rings. The van der Waals surface area contributed by atoms with Gasteiger partial charge in [0.15, 0.2) is 0 Å². The first kappa shape index (κ1) is 18.7. The SMILES string of the molecule is O=C(O)[C@@H]1C[C@@H](OC(F)F)CN1C(=O)CN1Cc2cc(Br)ccc2C1=O. The van der Waals surface area contributed by atoms with Crippen molar-refractivity contribution in [3.63, 3.8) is 0 Å². The van der Waals surface area contributed by atoms with Crippen LogP contribution in [0, 0.1) is 0 Å². The number of carboxylic acids is 1. The van der Waals surface area contributed by atoms with E-state index in [1.807, 2.05) is 0 Å². The molecule has 2 atom stereocenters. The quantitative estimate of drug-likeness (QED) is 0.764. The highest BCUT2D eigenvalue weighted by molar-refractivity contribution is 9.10. The normalized spacial score (nSPS) is 22.2. The predicted molar refractivity (Wildman–Crippen MR) is 87.5 cm³/mol. The lowest BCUT2D eigenvalue weighted by Gasteiger charge is -2.24. The maximum atomic E-state index is 12.5. The predicted octanol–water partition coefficient (Wildman–Crippen LogP) is 1.70. The van der Waals surface area contributed by atoms with Crippen LogP contribution < -0.4 is 0 Å². The highest BCUT2D eigenvalue weighted by Crippen LogP contribution is 2.27. The smallest absolute Gasteiger partial charge is 0.345 e. The molecule has 2 heterocycles. The molecule has 2 amide bonds. The molecule has 0 radical (unpaired) electrons. The zero-order chi connectivity index (χ0) is 19.0. The van der Waals surface area contributed by atoms with E-state index in [0.717, 1.165) is 14.9 Å². The van der Waals surface area contributed by atoms with E-state index in [1.165, 1.54) is 4.90 Å². The Bertz CT molecular complexity index is 760. The van der Waals surface area contributed by atoms with Gasteiger partial charge in [0, 0.05) is 29.5 Å². The number of likely N-dealkylation sites (tertiary alicyclic amines) is 1. The highest BCUT2D eigenvalue weighted by Gasteiger charge is 2.42. The van der Waals surface area contributed by atoms with E-state index in [2.05, 4.69) is 20.7 Å². The molecule has 1 fully saturated rings. The number of ether oxygens (including phenoxy) is 1. The summed E-state index contributed by atoms with van der Waals surface area (Å²) in [6, 6.07) is 3.89. The zero-order valence-corrected chi connectivity index (χ0v) is 15.0. The van der Waals surface area contributed by atoms with Crippen LogP contribution in [-0.2, 0) is 20.9 Å². The van der Waals surface area contributed by atoms with Gasteiger partial charge in [0.05, 0.1) is 6.10 Å². The van der Waals surface area contributed by atoms with Crippen molar-refractivity contribution in [2.24, 2.45) is 0 Å². The van der Waals surface area contributed by atoms with Gasteiger partial charge >= 0.3 is 12.6 Å². The van der Waals surface area contributed by atoms with Gasteiger partial charge < -0.3 is 19.6 Å². The van der Waals surface area contributed by atoms with Crippen LogP contribution in [0.5, 0.6) is 0 Å². The number of rotatable bonds is 5. The molecule has 0 aromatic heterocycles. The Labute approximate surface area is 155 Å². The summed E-state index contributed by atoms with van der Waals surface area (Å²) in [5.74, 6) is -2.23. The average Bonchev–Trinajstić information content (AvgIpc) is 3.09. The first-order valence-corrected chi connectivity index (χ1v) is 8.59. The molecule has 1 saturated heterocycles. The van der Waals surface area contributed by atoms with Crippen LogP contribution in [0.3, 0.4) is 0 Å². The Hall–Kier alpha value is -2.07. The van der Waals surface area contributed by atoms with Crippen molar-refractivity contribution in [1.29, 1.82) is 0 Å². The topological polar surface area (TPSA) is 87.2 Å².